The van der Waals surface area contributed by atoms with Crippen LogP contribution in [0.5, 0.6) is 0 Å². The van der Waals surface area contributed by atoms with E-state index in [0.29, 0.717) is 46.4 Å². The Labute approximate surface area is 225 Å². The molecule has 2 heterocycles. The van der Waals surface area contributed by atoms with Gasteiger partial charge in [-0.1, -0.05) is 25.6 Å². The maximum atomic E-state index is 12.9. The predicted octanol–water partition coefficient (Wildman–Crippen LogP) is 3.03. The molecule has 2 aromatic heterocycles. The molecule has 3 aromatic rings. The monoisotopic (exact) mass is 539 g/mol. The number of hydrogen-bond donors (Lipinski definition) is 6. The summed E-state index contributed by atoms with van der Waals surface area (Å²) in [5.41, 5.74) is 9.15. The lowest BCUT2D eigenvalue weighted by atomic mass is 10.0. The zero-order chi connectivity index (χ0) is 26.9. The SMILES string of the molecule is C.Cc1nc(NCCCc2cccc(N)c2C=N)nc(C)c1C(=O)N[C@@H](CNC(=O)c1cccs1)C(=O)O. The minimum Gasteiger partial charge on any atom is -0.480 e. The first-order valence-corrected chi connectivity index (χ1v) is 12.4. The van der Waals surface area contributed by atoms with Crippen LogP contribution < -0.4 is 21.7 Å². The number of anilines is 2. The Morgan fingerprint density at radius 1 is 1.13 bits per heavy atom. The van der Waals surface area contributed by atoms with Crippen LogP contribution in [0.25, 0.3) is 0 Å². The van der Waals surface area contributed by atoms with Gasteiger partial charge in [-0.3, -0.25) is 9.59 Å². The zero-order valence-corrected chi connectivity index (χ0v) is 21.3. The first-order valence-electron chi connectivity index (χ1n) is 11.5. The van der Waals surface area contributed by atoms with Gasteiger partial charge in [0.05, 0.1) is 21.8 Å². The van der Waals surface area contributed by atoms with E-state index in [1.165, 1.54) is 17.6 Å². The van der Waals surface area contributed by atoms with Crippen molar-refractivity contribution in [3.8, 4) is 0 Å². The van der Waals surface area contributed by atoms with Crippen LogP contribution in [0.4, 0.5) is 11.6 Å². The molecule has 38 heavy (non-hydrogen) atoms. The van der Waals surface area contributed by atoms with Gasteiger partial charge in [0.15, 0.2) is 0 Å². The summed E-state index contributed by atoms with van der Waals surface area (Å²) < 4.78 is 0. The summed E-state index contributed by atoms with van der Waals surface area (Å²) in [6.07, 6.45) is 2.70. The molecule has 202 valence electrons. The molecule has 7 N–H and O–H groups in total. The van der Waals surface area contributed by atoms with E-state index < -0.39 is 23.8 Å². The smallest absolute Gasteiger partial charge is 0.328 e. The molecule has 3 rings (SSSR count). The van der Waals surface area contributed by atoms with Crippen LogP contribution in [0.2, 0.25) is 0 Å². The van der Waals surface area contributed by atoms with E-state index in [9.17, 15) is 19.5 Å². The van der Waals surface area contributed by atoms with E-state index in [1.807, 2.05) is 12.1 Å². The number of hydrogen-bond acceptors (Lipinski definition) is 9. The van der Waals surface area contributed by atoms with Crippen LogP contribution >= 0.6 is 11.3 Å². The summed E-state index contributed by atoms with van der Waals surface area (Å²) in [5.74, 6) is -1.98. The number of carbonyl (C=O) groups is 3. The molecule has 2 amide bonds. The second-order valence-electron chi connectivity index (χ2n) is 8.24. The second-order valence-corrected chi connectivity index (χ2v) is 9.19. The molecule has 12 heteroatoms. The molecular formula is C26H33N7O4S. The second kappa shape index (κ2) is 13.8. The van der Waals surface area contributed by atoms with Crippen molar-refractivity contribution in [2.24, 2.45) is 0 Å². The number of thiophene rings is 1. The fraction of sp³-hybridized carbons (Fsp3) is 0.308. The minimum absolute atomic E-state index is 0. The quantitative estimate of drug-likeness (QED) is 0.115. The number of aromatic nitrogens is 2. The number of rotatable bonds is 12. The van der Waals surface area contributed by atoms with Crippen LogP contribution in [-0.4, -0.2) is 58.2 Å². The van der Waals surface area contributed by atoms with E-state index >= 15 is 0 Å². The van der Waals surface area contributed by atoms with Gasteiger partial charge in [-0.15, -0.1) is 11.3 Å². The first kappa shape index (κ1) is 29.9. The number of nitrogens with two attached hydrogens (primary N) is 1. The fourth-order valence-corrected chi connectivity index (χ4v) is 4.39. The van der Waals surface area contributed by atoms with Gasteiger partial charge in [0.25, 0.3) is 11.8 Å². The highest BCUT2D eigenvalue weighted by molar-refractivity contribution is 7.12. The Morgan fingerprint density at radius 2 is 1.84 bits per heavy atom. The number of aryl methyl sites for hydroxylation is 3. The van der Waals surface area contributed by atoms with Crippen molar-refractivity contribution in [2.75, 3.05) is 24.1 Å². The van der Waals surface area contributed by atoms with Gasteiger partial charge in [0.1, 0.15) is 6.04 Å². The minimum atomic E-state index is -1.33. The summed E-state index contributed by atoms with van der Waals surface area (Å²) in [5, 5.41) is 26.9. The van der Waals surface area contributed by atoms with Gasteiger partial charge in [-0.2, -0.15) is 0 Å². The third-order valence-corrected chi connectivity index (χ3v) is 6.46. The number of nitrogens with one attached hydrogen (secondary N) is 4. The van der Waals surface area contributed by atoms with Crippen LogP contribution in [0.15, 0.2) is 35.7 Å². The fourth-order valence-electron chi connectivity index (χ4n) is 3.75. The lowest BCUT2D eigenvalue weighted by Gasteiger charge is -2.17. The van der Waals surface area contributed by atoms with E-state index in [0.717, 1.165) is 12.0 Å². The molecule has 0 radical (unpaired) electrons. The summed E-state index contributed by atoms with van der Waals surface area (Å²) >= 11 is 1.23. The number of benzene rings is 1. The lowest BCUT2D eigenvalue weighted by Crippen LogP contribution is -2.48. The van der Waals surface area contributed by atoms with Gasteiger partial charge >= 0.3 is 5.97 Å². The van der Waals surface area contributed by atoms with Crippen molar-refractivity contribution in [3.05, 3.63) is 68.7 Å². The van der Waals surface area contributed by atoms with E-state index in [2.05, 4.69) is 25.9 Å². The molecule has 0 aliphatic heterocycles. The maximum absolute atomic E-state index is 12.9. The summed E-state index contributed by atoms with van der Waals surface area (Å²) in [6, 6.07) is 7.57. The Hall–Kier alpha value is -4.32. The molecule has 1 atom stereocenters. The van der Waals surface area contributed by atoms with Gasteiger partial charge in [0.2, 0.25) is 5.95 Å². The third kappa shape index (κ3) is 7.59. The van der Waals surface area contributed by atoms with Crippen LogP contribution in [-0.2, 0) is 11.2 Å². The first-order chi connectivity index (χ1) is 17.7. The highest BCUT2D eigenvalue weighted by Gasteiger charge is 2.24. The summed E-state index contributed by atoms with van der Waals surface area (Å²) in [4.78, 5) is 45.8. The Kier molecular flexibility index (Phi) is 10.9. The van der Waals surface area contributed by atoms with Crippen molar-refractivity contribution in [3.63, 3.8) is 0 Å². The topological polar surface area (TPSA) is 183 Å². The average molecular weight is 540 g/mol. The number of aliphatic carboxylic acids is 1. The number of nitrogens with zero attached hydrogens (tertiary/aromatic N) is 2. The number of amides is 2. The van der Waals surface area contributed by atoms with E-state index in [4.69, 9.17) is 11.1 Å². The van der Waals surface area contributed by atoms with E-state index in [1.54, 1.807) is 37.4 Å². The van der Waals surface area contributed by atoms with E-state index in [-0.39, 0.29) is 19.5 Å². The predicted molar refractivity (Wildman–Crippen MR) is 149 cm³/mol. The third-order valence-electron chi connectivity index (χ3n) is 5.59. The van der Waals surface area contributed by atoms with Crippen molar-refractivity contribution < 1.29 is 19.5 Å². The molecule has 0 saturated carbocycles. The number of carbonyl (C=O) groups excluding carboxylic acids is 2. The highest BCUT2D eigenvalue weighted by Crippen LogP contribution is 2.17. The molecule has 0 fully saturated rings. The molecule has 0 unspecified atom stereocenters. The van der Waals surface area contributed by atoms with Crippen LogP contribution in [0.1, 0.15) is 56.4 Å². The molecule has 0 aliphatic carbocycles. The number of carboxylic acids is 1. The molecular weight excluding hydrogens is 506 g/mol. The molecule has 0 saturated heterocycles. The standard InChI is InChI=1S/C25H29N7O4S.CH4/c1-14-21(23(34)32-19(24(35)36)13-29-22(33)20-9-5-11-37-20)15(2)31-25(30-14)28-10-4-7-16-6-3-8-18(27)17(16)12-26;/h3,5-6,8-9,11-12,19,26H,4,7,10,13,27H2,1-2H3,(H,29,33)(H,32,34)(H,35,36)(H,28,30,31);1H4/t19-;/m0./s1. The van der Waals surface area contributed by atoms with Gasteiger partial charge in [-0.25, -0.2) is 14.8 Å². The molecule has 11 nitrogen and oxygen atoms in total. The van der Waals surface area contributed by atoms with Crippen molar-refractivity contribution in [1.82, 2.24) is 20.6 Å². The molecule has 0 bridgehead atoms. The van der Waals surface area contributed by atoms with Gasteiger partial charge < -0.3 is 32.2 Å². The normalized spacial score (nSPS) is 11.1. The van der Waals surface area contributed by atoms with Crippen LogP contribution in [0.3, 0.4) is 0 Å². The zero-order valence-electron chi connectivity index (χ0n) is 20.5. The number of nitrogen functional groups attached to an aromatic ring is 1. The Morgan fingerprint density at radius 3 is 2.45 bits per heavy atom. The lowest BCUT2D eigenvalue weighted by molar-refractivity contribution is -0.139. The summed E-state index contributed by atoms with van der Waals surface area (Å²) in [7, 11) is 0. The molecule has 0 spiro atoms. The largest absolute Gasteiger partial charge is 0.480 e. The van der Waals surface area contributed by atoms with Gasteiger partial charge in [0, 0.05) is 30.6 Å². The highest BCUT2D eigenvalue weighted by atomic mass is 32.1. The average Bonchev–Trinajstić information content (AvgIpc) is 3.39. The molecule has 1 aromatic carbocycles. The van der Waals surface area contributed by atoms with Crippen molar-refractivity contribution >= 4 is 47.0 Å². The Bertz CT molecular complexity index is 1270. The van der Waals surface area contributed by atoms with Crippen molar-refractivity contribution in [1.29, 1.82) is 5.41 Å². The molecule has 0 aliphatic rings. The number of carboxylic acid groups (broad SMARTS) is 1. The van der Waals surface area contributed by atoms with Crippen molar-refractivity contribution in [2.45, 2.75) is 40.2 Å². The van der Waals surface area contributed by atoms with Crippen LogP contribution in [0, 0.1) is 19.3 Å². The maximum Gasteiger partial charge on any atom is 0.328 e. The van der Waals surface area contributed by atoms with Gasteiger partial charge in [-0.05, 0) is 49.8 Å². The Balaban J connectivity index is 0.00000507. The summed E-state index contributed by atoms with van der Waals surface area (Å²) in [6.45, 7) is 3.57.